The lowest BCUT2D eigenvalue weighted by Gasteiger charge is -2.31. The average Bonchev–Trinajstić information content (AvgIpc) is 3.12. The molecule has 1 radical (unpaired) electrons. The third kappa shape index (κ3) is 1.88. The molecular formula is C20H19Si. The van der Waals surface area contributed by atoms with Crippen molar-refractivity contribution in [1.82, 2.24) is 0 Å². The number of benzene rings is 2. The number of rotatable bonds is 2. The molecule has 1 heteroatoms. The maximum atomic E-state index is 2.49. The lowest BCUT2D eigenvalue weighted by molar-refractivity contribution is 1.31. The van der Waals surface area contributed by atoms with E-state index in [0.717, 1.165) is 6.42 Å². The maximum Gasteiger partial charge on any atom is 0.0970 e. The van der Waals surface area contributed by atoms with Crippen molar-refractivity contribution >= 4 is 19.3 Å². The first-order valence-corrected chi connectivity index (χ1v) is 10.6. The van der Waals surface area contributed by atoms with Gasteiger partial charge in [-0.3, -0.25) is 0 Å². The minimum Gasteiger partial charge on any atom is -0.0802 e. The van der Waals surface area contributed by atoms with Crippen molar-refractivity contribution in [2.45, 2.75) is 19.5 Å². The Morgan fingerprint density at radius 2 is 1.52 bits per heavy atom. The Bertz CT molecular complexity index is 765. The van der Waals surface area contributed by atoms with Crippen LogP contribution in [0.15, 0.2) is 60.7 Å². The van der Waals surface area contributed by atoms with E-state index in [1.165, 1.54) is 22.3 Å². The highest BCUT2D eigenvalue weighted by atomic mass is 28.3. The van der Waals surface area contributed by atoms with Gasteiger partial charge in [-0.25, -0.2) is 0 Å². The van der Waals surface area contributed by atoms with Gasteiger partial charge in [0.15, 0.2) is 0 Å². The molecule has 2 aromatic rings. The topological polar surface area (TPSA) is 0 Å². The van der Waals surface area contributed by atoms with E-state index in [1.54, 1.807) is 10.7 Å². The summed E-state index contributed by atoms with van der Waals surface area (Å²) in [6, 6.07) is 17.7. The highest BCUT2D eigenvalue weighted by Gasteiger charge is 2.40. The lowest BCUT2D eigenvalue weighted by atomic mass is 10.1. The van der Waals surface area contributed by atoms with E-state index in [4.69, 9.17) is 0 Å². The molecule has 0 amide bonds. The highest BCUT2D eigenvalue weighted by Crippen LogP contribution is 2.44. The van der Waals surface area contributed by atoms with E-state index < -0.39 is 8.07 Å². The first-order valence-electron chi connectivity index (χ1n) is 7.62. The van der Waals surface area contributed by atoms with Crippen molar-refractivity contribution in [3.05, 3.63) is 88.5 Å². The predicted octanol–water partition coefficient (Wildman–Crippen LogP) is 5.06. The SMILES string of the molecule is C[Si](C)([C]1C=Cc2ccccc21)C1=CCc2ccccc21. The van der Waals surface area contributed by atoms with Crippen LogP contribution in [-0.4, -0.2) is 8.07 Å². The molecule has 0 saturated heterocycles. The van der Waals surface area contributed by atoms with E-state index in [9.17, 15) is 0 Å². The summed E-state index contributed by atoms with van der Waals surface area (Å²) in [6.07, 6.45) is 8.21. The maximum absolute atomic E-state index is 2.49. The Morgan fingerprint density at radius 1 is 0.810 bits per heavy atom. The second-order valence-electron chi connectivity index (χ2n) is 6.44. The smallest absolute Gasteiger partial charge is 0.0802 e. The summed E-state index contributed by atoms with van der Waals surface area (Å²) in [7, 11) is -1.65. The summed E-state index contributed by atoms with van der Waals surface area (Å²) >= 11 is 0. The molecule has 0 aromatic heterocycles. The summed E-state index contributed by atoms with van der Waals surface area (Å²) in [5.74, 6) is 0. The van der Waals surface area contributed by atoms with Gasteiger partial charge >= 0.3 is 0 Å². The zero-order valence-corrected chi connectivity index (χ0v) is 13.6. The van der Waals surface area contributed by atoms with E-state index in [0.29, 0.717) is 0 Å². The molecule has 0 aliphatic heterocycles. The lowest BCUT2D eigenvalue weighted by Crippen LogP contribution is -2.35. The first kappa shape index (κ1) is 12.8. The van der Waals surface area contributed by atoms with Crippen LogP contribution in [-0.2, 0) is 6.42 Å². The molecule has 0 saturated carbocycles. The summed E-state index contributed by atoms with van der Waals surface area (Å²) < 4.78 is 0. The van der Waals surface area contributed by atoms with Crippen molar-refractivity contribution in [2.24, 2.45) is 0 Å². The highest BCUT2D eigenvalue weighted by molar-refractivity contribution is 7.00. The van der Waals surface area contributed by atoms with Gasteiger partial charge in [0.2, 0.25) is 0 Å². The first-order chi connectivity index (χ1) is 10.2. The number of allylic oxidation sites excluding steroid dienone is 2. The van der Waals surface area contributed by atoms with Crippen molar-refractivity contribution in [1.29, 1.82) is 0 Å². The van der Waals surface area contributed by atoms with Crippen LogP contribution in [0.5, 0.6) is 0 Å². The van der Waals surface area contributed by atoms with Gasteiger partial charge in [-0.15, -0.1) is 0 Å². The van der Waals surface area contributed by atoms with Gasteiger partial charge in [0.25, 0.3) is 0 Å². The van der Waals surface area contributed by atoms with Gasteiger partial charge in [0, 0.05) is 5.54 Å². The minimum absolute atomic E-state index is 1.10. The fourth-order valence-corrected chi connectivity index (χ4v) is 6.94. The van der Waals surface area contributed by atoms with E-state index in [-0.39, 0.29) is 0 Å². The van der Waals surface area contributed by atoms with E-state index in [2.05, 4.69) is 79.9 Å². The van der Waals surface area contributed by atoms with Gasteiger partial charge in [-0.1, -0.05) is 85.0 Å². The number of hydrogen-bond donors (Lipinski definition) is 0. The van der Waals surface area contributed by atoms with Crippen LogP contribution in [0.1, 0.15) is 22.3 Å². The van der Waals surface area contributed by atoms with Crippen LogP contribution >= 0.6 is 0 Å². The van der Waals surface area contributed by atoms with Crippen molar-refractivity contribution < 1.29 is 0 Å². The Morgan fingerprint density at radius 3 is 2.38 bits per heavy atom. The molecule has 0 atom stereocenters. The molecular weight excluding hydrogens is 268 g/mol. The molecule has 0 spiro atoms. The molecule has 2 aliphatic carbocycles. The van der Waals surface area contributed by atoms with Crippen molar-refractivity contribution in [3.8, 4) is 0 Å². The van der Waals surface area contributed by atoms with E-state index in [1.807, 2.05) is 0 Å². The van der Waals surface area contributed by atoms with Gasteiger partial charge in [0.1, 0.15) is 0 Å². The number of hydrogen-bond acceptors (Lipinski definition) is 0. The Kier molecular flexibility index (Phi) is 2.80. The monoisotopic (exact) mass is 287 g/mol. The molecule has 103 valence electrons. The molecule has 0 fully saturated rings. The van der Waals surface area contributed by atoms with Gasteiger partial charge < -0.3 is 0 Å². The van der Waals surface area contributed by atoms with Crippen LogP contribution in [0.3, 0.4) is 0 Å². The summed E-state index contributed by atoms with van der Waals surface area (Å²) in [5, 5.41) is 1.61. The molecule has 21 heavy (non-hydrogen) atoms. The molecule has 0 nitrogen and oxygen atoms in total. The fourth-order valence-electron chi connectivity index (χ4n) is 3.72. The minimum atomic E-state index is -1.65. The molecule has 2 aromatic carbocycles. The second kappa shape index (κ2) is 4.57. The van der Waals surface area contributed by atoms with Crippen LogP contribution in [0.4, 0.5) is 0 Å². The Hall–Kier alpha value is -1.86. The molecule has 0 bridgehead atoms. The summed E-state index contributed by atoms with van der Waals surface area (Å²) in [5.41, 5.74) is 7.36. The molecule has 0 heterocycles. The third-order valence-electron chi connectivity index (χ3n) is 4.86. The average molecular weight is 287 g/mol. The van der Waals surface area contributed by atoms with Crippen LogP contribution in [0.2, 0.25) is 13.1 Å². The van der Waals surface area contributed by atoms with E-state index >= 15 is 0 Å². The molecule has 4 rings (SSSR count). The van der Waals surface area contributed by atoms with Crippen molar-refractivity contribution in [3.63, 3.8) is 0 Å². The largest absolute Gasteiger partial charge is 0.0970 e. The van der Waals surface area contributed by atoms with Crippen LogP contribution in [0.25, 0.3) is 11.3 Å². The standard InChI is InChI=1S/C20H19Si/c1-21(2,19-13-11-15-7-3-5-9-17(15)19)20-14-12-16-8-4-6-10-18(16)20/h3-11,13-14H,12H2,1-2H3. The third-order valence-corrected chi connectivity index (χ3v) is 8.46. The predicted molar refractivity (Wildman–Crippen MR) is 93.4 cm³/mol. The normalized spacial score (nSPS) is 16.8. The van der Waals surface area contributed by atoms with Gasteiger partial charge in [-0.05, 0) is 28.7 Å². The molecule has 0 unspecified atom stereocenters. The van der Waals surface area contributed by atoms with Crippen molar-refractivity contribution in [2.75, 3.05) is 0 Å². The summed E-state index contributed by atoms with van der Waals surface area (Å²) in [4.78, 5) is 0. The Balaban J connectivity index is 1.78. The summed E-state index contributed by atoms with van der Waals surface area (Å²) in [6.45, 7) is 4.98. The van der Waals surface area contributed by atoms with Crippen LogP contribution in [0, 0.1) is 5.54 Å². The van der Waals surface area contributed by atoms with Gasteiger partial charge in [-0.2, -0.15) is 0 Å². The fraction of sp³-hybridized carbons (Fsp3) is 0.150. The molecule has 2 aliphatic rings. The Labute approximate surface area is 127 Å². The second-order valence-corrected chi connectivity index (χ2v) is 10.8. The molecule has 0 N–H and O–H groups in total. The zero-order valence-electron chi connectivity index (χ0n) is 12.6. The van der Waals surface area contributed by atoms with Gasteiger partial charge in [0.05, 0.1) is 8.07 Å². The van der Waals surface area contributed by atoms with Crippen LogP contribution < -0.4 is 0 Å². The quantitative estimate of drug-likeness (QED) is 0.677. The zero-order chi connectivity index (χ0) is 14.4. The number of fused-ring (bicyclic) bond motifs is 2.